The summed E-state index contributed by atoms with van der Waals surface area (Å²) < 4.78 is 1.44. The predicted octanol–water partition coefficient (Wildman–Crippen LogP) is 3.43. The molecule has 1 atom stereocenters. The van der Waals surface area contributed by atoms with Gasteiger partial charge in [0.1, 0.15) is 0 Å². The highest BCUT2D eigenvalue weighted by Gasteiger charge is 2.19. The van der Waals surface area contributed by atoms with Crippen LogP contribution in [0.5, 0.6) is 0 Å². The Labute approximate surface area is 162 Å². The van der Waals surface area contributed by atoms with Crippen LogP contribution >= 0.6 is 0 Å². The Balaban J connectivity index is 1.64. The van der Waals surface area contributed by atoms with Crippen LogP contribution in [0.4, 0.5) is 0 Å². The molecule has 2 aromatic heterocycles. The van der Waals surface area contributed by atoms with Crippen LogP contribution in [0, 0.1) is 0 Å². The van der Waals surface area contributed by atoms with Crippen molar-refractivity contribution >= 4 is 16.8 Å². The number of rotatable bonds is 5. The third-order valence-electron chi connectivity index (χ3n) is 5.03. The maximum atomic E-state index is 12.6. The molecule has 0 saturated heterocycles. The topological polar surface area (TPSA) is 66.9 Å². The molecule has 0 aliphatic rings. The van der Waals surface area contributed by atoms with Gasteiger partial charge in [0.2, 0.25) is 0 Å². The van der Waals surface area contributed by atoms with E-state index in [0.29, 0.717) is 12.1 Å². The molecular weight excluding hydrogens is 350 g/mol. The van der Waals surface area contributed by atoms with Crippen LogP contribution in [0.1, 0.15) is 27.4 Å². The van der Waals surface area contributed by atoms with Gasteiger partial charge in [-0.1, -0.05) is 48.5 Å². The number of nitrogens with zero attached hydrogens (tertiary/aromatic N) is 1. The number of benzene rings is 2. The number of carbonyl (C=O) groups is 1. The number of para-hydroxylation sites is 1. The molecule has 0 spiro atoms. The lowest BCUT2D eigenvalue weighted by molar-refractivity contribution is 0.0952. The number of aryl methyl sites for hydroxylation is 1. The van der Waals surface area contributed by atoms with Crippen molar-refractivity contribution in [3.05, 3.63) is 106 Å². The van der Waals surface area contributed by atoms with Gasteiger partial charge in [-0.05, 0) is 23.3 Å². The number of aromatic nitrogens is 2. The van der Waals surface area contributed by atoms with Gasteiger partial charge in [0.15, 0.2) is 0 Å². The minimum absolute atomic E-state index is 0.00662. The Morgan fingerprint density at radius 2 is 1.82 bits per heavy atom. The second-order valence-electron chi connectivity index (χ2n) is 6.83. The first-order chi connectivity index (χ1) is 13.6. The number of fused-ring (bicyclic) bond motifs is 1. The fraction of sp³-hybridized carbons (Fsp3) is 0.130. The smallest absolute Gasteiger partial charge is 0.251 e. The van der Waals surface area contributed by atoms with Crippen molar-refractivity contribution in [2.75, 3.05) is 6.54 Å². The largest absolute Gasteiger partial charge is 0.361 e. The lowest BCUT2D eigenvalue weighted by Crippen LogP contribution is -2.30. The molecule has 2 aromatic carbocycles. The summed E-state index contributed by atoms with van der Waals surface area (Å²) in [6.45, 7) is 0.430. The molecule has 4 aromatic rings. The van der Waals surface area contributed by atoms with Crippen molar-refractivity contribution in [3.63, 3.8) is 0 Å². The van der Waals surface area contributed by atoms with E-state index in [1.165, 1.54) is 10.6 Å². The summed E-state index contributed by atoms with van der Waals surface area (Å²) in [7, 11) is 1.66. The SMILES string of the molecule is Cn1ccc(C(=O)NCC(c2ccccc2)c2c[nH]c3ccccc23)cc1=O. The molecule has 28 heavy (non-hydrogen) atoms. The quantitative estimate of drug-likeness (QED) is 0.564. The maximum absolute atomic E-state index is 12.6. The lowest BCUT2D eigenvalue weighted by atomic mass is 9.91. The summed E-state index contributed by atoms with van der Waals surface area (Å²) in [4.78, 5) is 27.7. The van der Waals surface area contributed by atoms with Crippen LogP contribution in [0.3, 0.4) is 0 Å². The molecular formula is C23H21N3O2. The third kappa shape index (κ3) is 3.47. The summed E-state index contributed by atoms with van der Waals surface area (Å²) in [5.41, 5.74) is 3.48. The van der Waals surface area contributed by atoms with E-state index in [4.69, 9.17) is 0 Å². The van der Waals surface area contributed by atoms with Crippen molar-refractivity contribution in [2.24, 2.45) is 7.05 Å². The summed E-state index contributed by atoms with van der Waals surface area (Å²) in [6, 6.07) is 21.3. The molecule has 0 fully saturated rings. The average Bonchev–Trinajstić information content (AvgIpc) is 3.15. The van der Waals surface area contributed by atoms with E-state index in [9.17, 15) is 9.59 Å². The van der Waals surface area contributed by atoms with Crippen LogP contribution in [0.2, 0.25) is 0 Å². The average molecular weight is 371 g/mol. The molecule has 0 aliphatic carbocycles. The van der Waals surface area contributed by atoms with Gasteiger partial charge in [-0.25, -0.2) is 0 Å². The highest BCUT2D eigenvalue weighted by atomic mass is 16.2. The van der Waals surface area contributed by atoms with E-state index in [-0.39, 0.29) is 17.4 Å². The van der Waals surface area contributed by atoms with Gasteiger partial charge >= 0.3 is 0 Å². The van der Waals surface area contributed by atoms with Crippen LogP contribution in [0.15, 0.2) is 83.9 Å². The summed E-state index contributed by atoms with van der Waals surface area (Å²) in [6.07, 6.45) is 3.61. The molecule has 4 rings (SSSR count). The lowest BCUT2D eigenvalue weighted by Gasteiger charge is -2.18. The number of H-pyrrole nitrogens is 1. The zero-order chi connectivity index (χ0) is 19.5. The second kappa shape index (κ2) is 7.56. The standard InChI is InChI=1S/C23H21N3O2/c1-26-12-11-17(13-22(26)27)23(28)25-14-19(16-7-3-2-4-8-16)20-15-24-21-10-6-5-9-18(20)21/h2-13,15,19,24H,14H2,1H3,(H,25,28). The summed E-state index contributed by atoms with van der Waals surface area (Å²) >= 11 is 0. The van der Waals surface area contributed by atoms with Crippen molar-refractivity contribution < 1.29 is 4.79 Å². The molecule has 0 aliphatic heterocycles. The minimum Gasteiger partial charge on any atom is -0.361 e. The molecule has 0 bridgehead atoms. The van der Waals surface area contributed by atoms with Gasteiger partial charge in [0.25, 0.3) is 11.5 Å². The first-order valence-corrected chi connectivity index (χ1v) is 9.19. The van der Waals surface area contributed by atoms with E-state index < -0.39 is 0 Å². The number of hydrogen-bond donors (Lipinski definition) is 2. The first kappa shape index (κ1) is 17.8. The highest BCUT2D eigenvalue weighted by molar-refractivity contribution is 5.94. The van der Waals surface area contributed by atoms with Gasteiger partial charge in [-0.2, -0.15) is 0 Å². The monoisotopic (exact) mass is 371 g/mol. The van der Waals surface area contributed by atoms with Crippen molar-refractivity contribution in [3.8, 4) is 0 Å². The Morgan fingerprint density at radius 3 is 2.61 bits per heavy atom. The normalized spacial score (nSPS) is 12.0. The van der Waals surface area contributed by atoms with Gasteiger partial charge in [0.05, 0.1) is 0 Å². The Bertz CT molecular complexity index is 1180. The molecule has 2 N–H and O–H groups in total. The van der Waals surface area contributed by atoms with Crippen molar-refractivity contribution in [1.82, 2.24) is 14.9 Å². The fourth-order valence-corrected chi connectivity index (χ4v) is 3.46. The number of carbonyl (C=O) groups excluding carboxylic acids is 1. The molecule has 5 nitrogen and oxygen atoms in total. The van der Waals surface area contributed by atoms with E-state index >= 15 is 0 Å². The van der Waals surface area contributed by atoms with E-state index in [0.717, 1.165) is 22.0 Å². The zero-order valence-electron chi connectivity index (χ0n) is 15.6. The zero-order valence-corrected chi connectivity index (χ0v) is 15.6. The number of aromatic amines is 1. The molecule has 1 amide bonds. The van der Waals surface area contributed by atoms with Gasteiger partial charge in [-0.15, -0.1) is 0 Å². The van der Waals surface area contributed by atoms with Crippen molar-refractivity contribution in [2.45, 2.75) is 5.92 Å². The predicted molar refractivity (Wildman–Crippen MR) is 111 cm³/mol. The summed E-state index contributed by atoms with van der Waals surface area (Å²) in [5, 5.41) is 4.13. The third-order valence-corrected chi connectivity index (χ3v) is 5.03. The van der Waals surface area contributed by atoms with Gasteiger partial charge in [-0.3, -0.25) is 9.59 Å². The van der Waals surface area contributed by atoms with Crippen LogP contribution in [-0.4, -0.2) is 22.0 Å². The van der Waals surface area contributed by atoms with Crippen LogP contribution in [0.25, 0.3) is 10.9 Å². The van der Waals surface area contributed by atoms with Gasteiger partial charge in [0, 0.05) is 54.4 Å². The first-order valence-electron chi connectivity index (χ1n) is 9.19. The number of hydrogen-bond acceptors (Lipinski definition) is 2. The molecule has 0 saturated carbocycles. The van der Waals surface area contributed by atoms with Gasteiger partial charge < -0.3 is 14.9 Å². The van der Waals surface area contributed by atoms with Crippen LogP contribution < -0.4 is 10.9 Å². The highest BCUT2D eigenvalue weighted by Crippen LogP contribution is 2.30. The van der Waals surface area contributed by atoms with E-state index in [1.54, 1.807) is 19.3 Å². The minimum atomic E-state index is -0.251. The Kier molecular flexibility index (Phi) is 4.81. The number of nitrogens with one attached hydrogen (secondary N) is 2. The number of amides is 1. The Hall–Kier alpha value is -3.60. The second-order valence-corrected chi connectivity index (χ2v) is 6.83. The molecule has 140 valence electrons. The van der Waals surface area contributed by atoms with E-state index in [2.05, 4.69) is 28.5 Å². The fourth-order valence-electron chi connectivity index (χ4n) is 3.46. The molecule has 1 unspecified atom stereocenters. The van der Waals surface area contributed by atoms with Crippen LogP contribution in [-0.2, 0) is 7.05 Å². The number of pyridine rings is 1. The Morgan fingerprint density at radius 1 is 1.07 bits per heavy atom. The molecule has 0 radical (unpaired) electrons. The van der Waals surface area contributed by atoms with Crippen molar-refractivity contribution in [1.29, 1.82) is 0 Å². The van der Waals surface area contributed by atoms with E-state index in [1.807, 2.05) is 42.6 Å². The summed E-state index contributed by atoms with van der Waals surface area (Å²) in [5.74, 6) is -0.258. The maximum Gasteiger partial charge on any atom is 0.251 e. The molecule has 2 heterocycles. The molecule has 5 heteroatoms.